The van der Waals surface area contributed by atoms with Gasteiger partial charge in [-0.15, -0.1) is 0 Å². The molecule has 4 rings (SSSR count). The number of carboxylic acids is 1. The second-order valence-electron chi connectivity index (χ2n) is 8.00. The highest BCUT2D eigenvalue weighted by Gasteiger charge is 2.43. The molecular weight excluding hydrogens is 382 g/mol. The van der Waals surface area contributed by atoms with Crippen LogP contribution in [0, 0.1) is 0 Å². The van der Waals surface area contributed by atoms with Crippen molar-refractivity contribution in [1.82, 2.24) is 4.90 Å². The van der Waals surface area contributed by atoms with Crippen molar-refractivity contribution in [2.75, 3.05) is 13.2 Å². The van der Waals surface area contributed by atoms with Crippen molar-refractivity contribution in [3.63, 3.8) is 0 Å². The maximum Gasteiger partial charge on any atom is 0.305 e. The molecule has 0 radical (unpaired) electrons. The summed E-state index contributed by atoms with van der Waals surface area (Å²) >= 11 is 0. The Morgan fingerprint density at radius 1 is 1.00 bits per heavy atom. The fraction of sp³-hybridized carbons (Fsp3) is 0.458. The summed E-state index contributed by atoms with van der Waals surface area (Å²) in [6.07, 6.45) is 3.90. The lowest BCUT2D eigenvalue weighted by atomic mass is 9.71. The monoisotopic (exact) mass is 409 g/mol. The van der Waals surface area contributed by atoms with Crippen molar-refractivity contribution in [1.29, 1.82) is 0 Å². The molecule has 158 valence electrons. The van der Waals surface area contributed by atoms with Gasteiger partial charge in [-0.1, -0.05) is 12.1 Å². The van der Waals surface area contributed by atoms with Gasteiger partial charge in [-0.25, -0.2) is 0 Å². The Morgan fingerprint density at radius 2 is 1.57 bits per heavy atom. The number of nitrogens with zero attached hydrogens (tertiary/aromatic N) is 1. The van der Waals surface area contributed by atoms with Crippen LogP contribution in [0.25, 0.3) is 0 Å². The molecule has 30 heavy (non-hydrogen) atoms. The number of allylic oxidation sites excluding steroid dienone is 4. The summed E-state index contributed by atoms with van der Waals surface area (Å²) in [4.78, 5) is 39.4. The molecule has 0 fully saturated rings. The van der Waals surface area contributed by atoms with Gasteiger partial charge in [0.25, 0.3) is 0 Å². The molecule has 0 unspecified atom stereocenters. The number of rotatable bonds is 6. The first kappa shape index (κ1) is 20.4. The molecular formula is C24H27NO5. The van der Waals surface area contributed by atoms with Gasteiger partial charge >= 0.3 is 5.97 Å². The van der Waals surface area contributed by atoms with Gasteiger partial charge in [0.1, 0.15) is 5.75 Å². The van der Waals surface area contributed by atoms with Crippen LogP contribution in [0.15, 0.2) is 46.8 Å². The van der Waals surface area contributed by atoms with Crippen LogP contribution >= 0.6 is 0 Å². The average Bonchev–Trinajstić information content (AvgIpc) is 2.73. The van der Waals surface area contributed by atoms with Gasteiger partial charge in [0, 0.05) is 47.8 Å². The van der Waals surface area contributed by atoms with Gasteiger partial charge in [-0.2, -0.15) is 0 Å². The molecule has 1 N–H and O–H groups in total. The molecule has 0 saturated carbocycles. The van der Waals surface area contributed by atoms with E-state index >= 15 is 0 Å². The van der Waals surface area contributed by atoms with Crippen molar-refractivity contribution in [2.24, 2.45) is 0 Å². The van der Waals surface area contributed by atoms with Gasteiger partial charge in [-0.3, -0.25) is 14.4 Å². The Balaban J connectivity index is 1.85. The summed E-state index contributed by atoms with van der Waals surface area (Å²) in [5.74, 6) is -0.348. The second-order valence-corrected chi connectivity index (χ2v) is 8.00. The van der Waals surface area contributed by atoms with Crippen molar-refractivity contribution in [3.8, 4) is 5.75 Å². The number of benzene rings is 1. The summed E-state index contributed by atoms with van der Waals surface area (Å²) < 4.78 is 5.55. The minimum absolute atomic E-state index is 0.0241. The predicted octanol–water partition coefficient (Wildman–Crippen LogP) is 3.97. The number of hydrogen-bond donors (Lipinski definition) is 1. The average molecular weight is 409 g/mol. The van der Waals surface area contributed by atoms with E-state index in [-0.39, 0.29) is 23.9 Å². The number of Topliss-reactive ketones (excluding diaryl/α,β-unsaturated/α-hetero) is 2. The molecule has 6 heteroatoms. The lowest BCUT2D eigenvalue weighted by Gasteiger charge is -2.44. The first-order valence-electron chi connectivity index (χ1n) is 10.8. The third-order valence-electron chi connectivity index (χ3n) is 6.16. The number of ketones is 2. The molecule has 0 saturated heterocycles. The molecule has 6 nitrogen and oxygen atoms in total. The normalized spacial score (nSPS) is 19.7. The van der Waals surface area contributed by atoms with E-state index in [2.05, 4.69) is 0 Å². The quantitative estimate of drug-likeness (QED) is 0.765. The van der Waals surface area contributed by atoms with E-state index < -0.39 is 5.97 Å². The van der Waals surface area contributed by atoms with E-state index in [0.29, 0.717) is 37.1 Å². The van der Waals surface area contributed by atoms with Crippen LogP contribution in [0.5, 0.6) is 5.75 Å². The zero-order valence-electron chi connectivity index (χ0n) is 17.3. The molecule has 2 aliphatic carbocycles. The van der Waals surface area contributed by atoms with Crippen LogP contribution in [0.2, 0.25) is 0 Å². The number of hydrogen-bond acceptors (Lipinski definition) is 5. The van der Waals surface area contributed by atoms with Crippen molar-refractivity contribution in [3.05, 3.63) is 52.4 Å². The molecule has 1 aromatic carbocycles. The fourth-order valence-corrected chi connectivity index (χ4v) is 4.95. The number of carboxylic acid groups (broad SMARTS) is 1. The van der Waals surface area contributed by atoms with Crippen molar-refractivity contribution < 1.29 is 24.2 Å². The largest absolute Gasteiger partial charge is 0.494 e. The molecule has 3 aliphatic rings. The Hall–Kier alpha value is -2.89. The molecule has 0 bridgehead atoms. The number of carbonyl (C=O) groups excluding carboxylic acids is 2. The predicted molar refractivity (Wildman–Crippen MR) is 111 cm³/mol. The molecule has 1 aliphatic heterocycles. The van der Waals surface area contributed by atoms with Gasteiger partial charge in [0.15, 0.2) is 11.6 Å². The maximum absolute atomic E-state index is 13.1. The zero-order chi connectivity index (χ0) is 21.3. The van der Waals surface area contributed by atoms with E-state index in [4.69, 9.17) is 4.74 Å². The number of ether oxygens (including phenoxy) is 1. The number of aliphatic carboxylic acids is 1. The van der Waals surface area contributed by atoms with E-state index in [9.17, 15) is 19.5 Å². The topological polar surface area (TPSA) is 83.9 Å². The van der Waals surface area contributed by atoms with Crippen molar-refractivity contribution >= 4 is 17.5 Å². The number of carbonyl (C=O) groups is 3. The summed E-state index contributed by atoms with van der Waals surface area (Å²) in [6.45, 7) is 2.79. The molecule has 1 aromatic rings. The first-order valence-corrected chi connectivity index (χ1v) is 10.8. The minimum Gasteiger partial charge on any atom is -0.494 e. The summed E-state index contributed by atoms with van der Waals surface area (Å²) in [7, 11) is 0. The third kappa shape index (κ3) is 3.66. The van der Waals surface area contributed by atoms with E-state index in [1.165, 1.54) is 0 Å². The molecule has 0 aromatic heterocycles. The smallest absolute Gasteiger partial charge is 0.305 e. The molecule has 0 spiro atoms. The minimum atomic E-state index is -0.878. The Kier molecular flexibility index (Phi) is 5.75. The first-order chi connectivity index (χ1) is 14.5. The van der Waals surface area contributed by atoms with Crippen LogP contribution in [-0.2, 0) is 14.4 Å². The molecule has 0 atom stereocenters. The lowest BCUT2D eigenvalue weighted by Crippen LogP contribution is -2.39. The second kappa shape index (κ2) is 8.46. The molecule has 0 amide bonds. The van der Waals surface area contributed by atoms with Crippen LogP contribution in [0.3, 0.4) is 0 Å². The van der Waals surface area contributed by atoms with E-state index in [0.717, 1.165) is 48.4 Å². The van der Waals surface area contributed by atoms with E-state index in [1.807, 2.05) is 36.1 Å². The highest BCUT2D eigenvalue weighted by Crippen LogP contribution is 2.49. The van der Waals surface area contributed by atoms with Crippen LogP contribution in [0.1, 0.15) is 63.4 Å². The van der Waals surface area contributed by atoms with Gasteiger partial charge in [0.05, 0.1) is 13.0 Å². The molecule has 1 heterocycles. The van der Waals surface area contributed by atoms with Gasteiger partial charge in [-0.05, 0) is 50.3 Å². The Morgan fingerprint density at radius 3 is 2.07 bits per heavy atom. The fourth-order valence-electron chi connectivity index (χ4n) is 4.95. The SMILES string of the molecule is CCOc1ccc(C2C3=C(CCCC3=O)N(CCC(=O)O)C3=C2C(=O)CCC3)cc1. The van der Waals surface area contributed by atoms with Crippen LogP contribution < -0.4 is 4.74 Å². The van der Waals surface area contributed by atoms with Crippen molar-refractivity contribution in [2.45, 2.75) is 57.8 Å². The summed E-state index contributed by atoms with van der Waals surface area (Å²) in [6, 6.07) is 7.66. The van der Waals surface area contributed by atoms with Gasteiger partial charge < -0.3 is 14.7 Å². The highest BCUT2D eigenvalue weighted by molar-refractivity contribution is 6.06. The van der Waals surface area contributed by atoms with Crippen LogP contribution in [-0.4, -0.2) is 40.7 Å². The summed E-state index contributed by atoms with van der Waals surface area (Å²) in [5, 5.41) is 9.24. The Bertz CT molecular complexity index is 897. The Labute approximate surface area is 176 Å². The lowest BCUT2D eigenvalue weighted by molar-refractivity contribution is -0.137. The van der Waals surface area contributed by atoms with E-state index in [1.54, 1.807) is 0 Å². The summed E-state index contributed by atoms with van der Waals surface area (Å²) in [5.41, 5.74) is 4.12. The standard InChI is InChI=1S/C24H27NO5/c1-2-30-16-11-9-15(10-12-16)22-23-17(5-3-7-19(23)26)25(14-13-21(28)29)18-6-4-8-20(27)24(18)22/h9-12,22H,2-8,13-14H2,1H3,(H,28,29). The maximum atomic E-state index is 13.1. The van der Waals surface area contributed by atoms with Crippen LogP contribution in [0.4, 0.5) is 0 Å². The highest BCUT2D eigenvalue weighted by atomic mass is 16.5. The zero-order valence-corrected chi connectivity index (χ0v) is 17.3. The third-order valence-corrected chi connectivity index (χ3v) is 6.16. The van der Waals surface area contributed by atoms with Gasteiger partial charge in [0.2, 0.25) is 0 Å².